The molecule has 19 heavy (non-hydrogen) atoms. The third-order valence-corrected chi connectivity index (χ3v) is 2.94. The molecule has 0 aromatic carbocycles. The Balaban J connectivity index is 3.19. The molecule has 0 aliphatic heterocycles. The zero-order chi connectivity index (χ0) is 14.6. The van der Waals surface area contributed by atoms with Gasteiger partial charge in [-0.2, -0.15) is 0 Å². The molecule has 7 nitrogen and oxygen atoms in total. The van der Waals surface area contributed by atoms with Crippen LogP contribution in [0.4, 0.5) is 0 Å². The van der Waals surface area contributed by atoms with E-state index in [0.29, 0.717) is 45.9 Å². The fraction of sp³-hybridized carbons (Fsp3) is 1.00. The summed E-state index contributed by atoms with van der Waals surface area (Å²) in [5, 5.41) is 8.53. The maximum absolute atomic E-state index is 10.3. The van der Waals surface area contributed by atoms with Gasteiger partial charge in [-0.1, -0.05) is 0 Å². The summed E-state index contributed by atoms with van der Waals surface area (Å²) in [6.45, 7) is 3.81. The maximum atomic E-state index is 10.3. The van der Waals surface area contributed by atoms with Crippen LogP contribution in [0.1, 0.15) is 19.8 Å². The highest BCUT2D eigenvalue weighted by Gasteiger charge is 2.01. The van der Waals surface area contributed by atoms with Crippen LogP contribution in [0, 0.1) is 0 Å². The van der Waals surface area contributed by atoms with Gasteiger partial charge in [0, 0.05) is 12.4 Å². The Morgan fingerprint density at radius 2 is 1.79 bits per heavy atom. The van der Waals surface area contributed by atoms with E-state index in [0.717, 1.165) is 0 Å². The lowest BCUT2D eigenvalue weighted by Gasteiger charge is -2.12. The highest BCUT2D eigenvalue weighted by molar-refractivity contribution is 7.85. The number of aliphatic hydroxyl groups excluding tert-OH is 1. The molecule has 0 rings (SSSR count). The first-order valence-corrected chi connectivity index (χ1v) is 7.85. The zero-order valence-electron chi connectivity index (χ0n) is 11.2. The summed E-state index contributed by atoms with van der Waals surface area (Å²) in [6.07, 6.45) is 0.783. The molecule has 116 valence electrons. The SMILES string of the molecule is CC(COCCOCCCCS(=O)(=O)[O-])OCCO. The van der Waals surface area contributed by atoms with Gasteiger partial charge in [0.2, 0.25) is 0 Å². The summed E-state index contributed by atoms with van der Waals surface area (Å²) in [6, 6.07) is 0. The second-order valence-corrected chi connectivity index (χ2v) is 5.58. The molecular formula is C11H23O7S-. The summed E-state index contributed by atoms with van der Waals surface area (Å²) >= 11 is 0. The molecule has 0 aromatic heterocycles. The first-order valence-electron chi connectivity index (χ1n) is 6.27. The van der Waals surface area contributed by atoms with Crippen LogP contribution in [0.2, 0.25) is 0 Å². The van der Waals surface area contributed by atoms with Crippen molar-refractivity contribution in [1.29, 1.82) is 0 Å². The van der Waals surface area contributed by atoms with Gasteiger partial charge in [-0.3, -0.25) is 0 Å². The quantitative estimate of drug-likeness (QED) is 0.369. The Morgan fingerprint density at radius 3 is 2.42 bits per heavy atom. The van der Waals surface area contributed by atoms with E-state index in [1.165, 1.54) is 0 Å². The molecular weight excluding hydrogens is 276 g/mol. The van der Waals surface area contributed by atoms with Crippen LogP contribution >= 0.6 is 0 Å². The van der Waals surface area contributed by atoms with Gasteiger partial charge in [-0.05, 0) is 19.8 Å². The fourth-order valence-corrected chi connectivity index (χ4v) is 1.81. The molecule has 0 aliphatic carbocycles. The number of aliphatic hydroxyl groups is 1. The van der Waals surface area contributed by atoms with Crippen molar-refractivity contribution in [2.45, 2.75) is 25.9 Å². The van der Waals surface area contributed by atoms with Crippen molar-refractivity contribution in [1.82, 2.24) is 0 Å². The molecule has 1 unspecified atom stereocenters. The van der Waals surface area contributed by atoms with Crippen LogP contribution in [0.15, 0.2) is 0 Å². The highest BCUT2D eigenvalue weighted by Crippen LogP contribution is 1.95. The minimum Gasteiger partial charge on any atom is -0.748 e. The van der Waals surface area contributed by atoms with Gasteiger partial charge in [0.1, 0.15) is 0 Å². The molecule has 0 heterocycles. The fourth-order valence-electron chi connectivity index (χ4n) is 1.25. The third kappa shape index (κ3) is 15.7. The monoisotopic (exact) mass is 299 g/mol. The molecule has 0 amide bonds. The predicted molar refractivity (Wildman–Crippen MR) is 67.9 cm³/mol. The van der Waals surface area contributed by atoms with Gasteiger partial charge in [-0.25, -0.2) is 8.42 Å². The van der Waals surface area contributed by atoms with Gasteiger partial charge in [0.05, 0.1) is 49.3 Å². The van der Waals surface area contributed by atoms with Crippen molar-refractivity contribution < 1.29 is 32.3 Å². The van der Waals surface area contributed by atoms with E-state index in [1.54, 1.807) is 0 Å². The van der Waals surface area contributed by atoms with Crippen molar-refractivity contribution in [3.63, 3.8) is 0 Å². The Morgan fingerprint density at radius 1 is 1.11 bits per heavy atom. The highest BCUT2D eigenvalue weighted by atomic mass is 32.2. The smallest absolute Gasteiger partial charge is 0.0945 e. The summed E-state index contributed by atoms with van der Waals surface area (Å²) in [7, 11) is -4.10. The second kappa shape index (κ2) is 11.6. The standard InChI is InChI=1S/C11H24O7S/c1-11(18-6-4-12)10-17-8-7-16-5-2-3-9-19(13,14)15/h11-12H,2-10H2,1H3,(H,13,14,15)/p-1. The lowest BCUT2D eigenvalue weighted by Crippen LogP contribution is -2.19. The van der Waals surface area contributed by atoms with Crippen LogP contribution in [-0.2, 0) is 24.3 Å². The number of hydrogen-bond acceptors (Lipinski definition) is 7. The number of rotatable bonds is 13. The molecule has 0 spiro atoms. The van der Waals surface area contributed by atoms with Crippen LogP contribution in [0.5, 0.6) is 0 Å². The van der Waals surface area contributed by atoms with Crippen LogP contribution in [-0.4, -0.2) is 69.6 Å². The van der Waals surface area contributed by atoms with E-state index in [9.17, 15) is 13.0 Å². The van der Waals surface area contributed by atoms with Gasteiger partial charge in [0.15, 0.2) is 0 Å². The van der Waals surface area contributed by atoms with E-state index in [4.69, 9.17) is 19.3 Å². The summed E-state index contributed by atoms with van der Waals surface area (Å²) in [5.41, 5.74) is 0. The van der Waals surface area contributed by atoms with Crippen molar-refractivity contribution in [2.24, 2.45) is 0 Å². The summed E-state index contributed by atoms with van der Waals surface area (Å²) < 4.78 is 46.6. The molecule has 1 N–H and O–H groups in total. The number of unbranched alkanes of at least 4 members (excludes halogenated alkanes) is 1. The lowest BCUT2D eigenvalue weighted by atomic mass is 10.4. The van der Waals surface area contributed by atoms with Gasteiger partial charge < -0.3 is 23.9 Å². The van der Waals surface area contributed by atoms with E-state index < -0.39 is 10.1 Å². The summed E-state index contributed by atoms with van der Waals surface area (Å²) in [5.74, 6) is -0.341. The van der Waals surface area contributed by atoms with Gasteiger partial charge in [0.25, 0.3) is 0 Å². The Labute approximate surface area is 114 Å². The molecule has 0 fully saturated rings. The van der Waals surface area contributed by atoms with Crippen LogP contribution in [0.25, 0.3) is 0 Å². The van der Waals surface area contributed by atoms with Gasteiger partial charge >= 0.3 is 0 Å². The van der Waals surface area contributed by atoms with E-state index >= 15 is 0 Å². The van der Waals surface area contributed by atoms with E-state index in [-0.39, 0.29) is 18.5 Å². The maximum Gasteiger partial charge on any atom is 0.0945 e. The second-order valence-electron chi connectivity index (χ2n) is 4.06. The normalized spacial score (nSPS) is 13.6. The minimum atomic E-state index is -4.10. The average molecular weight is 299 g/mol. The predicted octanol–water partition coefficient (Wildman–Crippen LogP) is -0.258. The lowest BCUT2D eigenvalue weighted by molar-refractivity contribution is -0.0316. The zero-order valence-corrected chi connectivity index (χ0v) is 12.1. The van der Waals surface area contributed by atoms with Gasteiger partial charge in [-0.15, -0.1) is 0 Å². The third-order valence-electron chi connectivity index (χ3n) is 2.15. The Kier molecular flexibility index (Phi) is 11.4. The van der Waals surface area contributed by atoms with Crippen molar-refractivity contribution in [3.8, 4) is 0 Å². The number of ether oxygens (including phenoxy) is 3. The van der Waals surface area contributed by atoms with Crippen LogP contribution in [0.3, 0.4) is 0 Å². The van der Waals surface area contributed by atoms with Crippen molar-refractivity contribution in [2.75, 3.05) is 45.4 Å². The summed E-state index contributed by atoms with van der Waals surface area (Å²) in [4.78, 5) is 0. The molecule has 1 atom stereocenters. The average Bonchev–Trinajstić information content (AvgIpc) is 2.33. The molecule has 0 radical (unpaired) electrons. The number of hydrogen-bond donors (Lipinski definition) is 1. The molecule has 0 aliphatic rings. The topological polar surface area (TPSA) is 105 Å². The molecule has 0 bridgehead atoms. The first kappa shape index (κ1) is 18.8. The first-order chi connectivity index (χ1) is 8.95. The molecule has 0 saturated carbocycles. The van der Waals surface area contributed by atoms with E-state index in [2.05, 4.69) is 0 Å². The molecule has 8 heteroatoms. The molecule has 0 aromatic rings. The minimum absolute atomic E-state index is 0.00741. The molecule has 0 saturated heterocycles. The van der Waals surface area contributed by atoms with Crippen LogP contribution < -0.4 is 0 Å². The van der Waals surface area contributed by atoms with Crippen molar-refractivity contribution >= 4 is 10.1 Å². The van der Waals surface area contributed by atoms with Crippen molar-refractivity contribution in [3.05, 3.63) is 0 Å². The Hall–Kier alpha value is -0.250. The van der Waals surface area contributed by atoms with E-state index in [1.807, 2.05) is 6.92 Å². The largest absolute Gasteiger partial charge is 0.748 e. The Bertz CT molecular complexity index is 291.